The second kappa shape index (κ2) is 7.00. The monoisotopic (exact) mass is 366 g/mol. The molecule has 1 aliphatic rings. The van der Waals surface area contributed by atoms with E-state index < -0.39 is 5.60 Å². The number of carbonyl (C=O) groups is 1. The van der Waals surface area contributed by atoms with Crippen LogP contribution in [0.1, 0.15) is 40.4 Å². The Morgan fingerprint density at radius 3 is 2.74 bits per heavy atom. The Bertz CT molecular complexity index is 907. The maximum absolute atomic E-state index is 12.7. The Labute approximate surface area is 157 Å². The minimum Gasteiger partial charge on any atom is -0.454 e. The molecule has 0 aliphatic carbocycles. The van der Waals surface area contributed by atoms with E-state index in [-0.39, 0.29) is 5.91 Å². The zero-order valence-corrected chi connectivity index (χ0v) is 15.2. The molecule has 3 aromatic rings. The molecule has 7 nitrogen and oxygen atoms in total. The van der Waals surface area contributed by atoms with Crippen molar-refractivity contribution in [3.05, 3.63) is 71.7 Å². The number of likely N-dealkylation sites (tertiary alicyclic amines) is 1. The van der Waals surface area contributed by atoms with Crippen LogP contribution in [0.2, 0.25) is 0 Å². The van der Waals surface area contributed by atoms with Gasteiger partial charge in [-0.15, -0.1) is 0 Å². The third-order valence-corrected chi connectivity index (χ3v) is 5.02. The molecule has 0 saturated carbocycles. The largest absolute Gasteiger partial charge is 0.454 e. The fourth-order valence-electron chi connectivity index (χ4n) is 3.37. The lowest BCUT2D eigenvalue weighted by molar-refractivity contribution is -0.0250. The number of carbonyl (C=O) groups excluding carboxylic acids is 1. The highest BCUT2D eigenvalue weighted by Gasteiger charge is 2.37. The van der Waals surface area contributed by atoms with Gasteiger partial charge in [0.05, 0.1) is 12.2 Å². The predicted octanol–water partition coefficient (Wildman–Crippen LogP) is 2.35. The van der Waals surface area contributed by atoms with Crippen LogP contribution in [0.3, 0.4) is 0 Å². The SMILES string of the molecule is Cc1ccc(C2(O)CCN(C(=O)c3ccc(Cn4cccn4)o3)CC2)nc1. The summed E-state index contributed by atoms with van der Waals surface area (Å²) in [6, 6.07) is 9.14. The van der Waals surface area contributed by atoms with Crippen molar-refractivity contribution in [2.24, 2.45) is 0 Å². The van der Waals surface area contributed by atoms with Gasteiger partial charge in [-0.05, 0) is 49.6 Å². The van der Waals surface area contributed by atoms with Crippen molar-refractivity contribution in [2.75, 3.05) is 13.1 Å². The lowest BCUT2D eigenvalue weighted by atomic mass is 9.87. The summed E-state index contributed by atoms with van der Waals surface area (Å²) >= 11 is 0. The van der Waals surface area contributed by atoms with Gasteiger partial charge in [0.1, 0.15) is 11.4 Å². The quantitative estimate of drug-likeness (QED) is 0.766. The Morgan fingerprint density at radius 2 is 2.07 bits per heavy atom. The third-order valence-electron chi connectivity index (χ3n) is 5.02. The number of hydrogen-bond acceptors (Lipinski definition) is 5. The van der Waals surface area contributed by atoms with Crippen LogP contribution < -0.4 is 0 Å². The van der Waals surface area contributed by atoms with Crippen LogP contribution in [0.15, 0.2) is 53.3 Å². The predicted molar refractivity (Wildman–Crippen MR) is 98.0 cm³/mol. The maximum Gasteiger partial charge on any atom is 0.289 e. The van der Waals surface area contributed by atoms with E-state index in [1.54, 1.807) is 34.1 Å². The molecule has 0 spiro atoms. The molecule has 3 aromatic heterocycles. The summed E-state index contributed by atoms with van der Waals surface area (Å²) in [4.78, 5) is 18.8. The van der Waals surface area contributed by atoms with Gasteiger partial charge in [-0.25, -0.2) is 0 Å². The molecule has 0 bridgehead atoms. The lowest BCUT2D eigenvalue weighted by Gasteiger charge is -2.37. The van der Waals surface area contributed by atoms with Crippen LogP contribution in [0.25, 0.3) is 0 Å². The van der Waals surface area contributed by atoms with Gasteiger partial charge in [0.2, 0.25) is 0 Å². The molecule has 0 unspecified atom stereocenters. The second-order valence-electron chi connectivity index (χ2n) is 7.01. The van der Waals surface area contributed by atoms with Crippen molar-refractivity contribution in [3.63, 3.8) is 0 Å². The van der Waals surface area contributed by atoms with Crippen LogP contribution >= 0.6 is 0 Å². The zero-order chi connectivity index (χ0) is 18.9. The first-order chi connectivity index (χ1) is 13.0. The molecule has 4 rings (SSSR count). The molecule has 0 radical (unpaired) electrons. The number of amides is 1. The molecule has 1 N–H and O–H groups in total. The van der Waals surface area contributed by atoms with Crippen molar-refractivity contribution < 1.29 is 14.3 Å². The van der Waals surface area contributed by atoms with E-state index in [0.717, 1.165) is 5.56 Å². The minimum absolute atomic E-state index is 0.152. The van der Waals surface area contributed by atoms with Crippen molar-refractivity contribution in [3.8, 4) is 0 Å². The van der Waals surface area contributed by atoms with Gasteiger partial charge >= 0.3 is 0 Å². The summed E-state index contributed by atoms with van der Waals surface area (Å²) in [6.07, 6.45) is 6.21. The summed E-state index contributed by atoms with van der Waals surface area (Å²) in [5.74, 6) is 0.844. The van der Waals surface area contributed by atoms with E-state index in [0.29, 0.717) is 49.7 Å². The van der Waals surface area contributed by atoms with E-state index >= 15 is 0 Å². The van der Waals surface area contributed by atoms with E-state index in [2.05, 4.69) is 10.1 Å². The Hall–Kier alpha value is -2.93. The minimum atomic E-state index is -0.987. The fraction of sp³-hybridized carbons (Fsp3) is 0.350. The summed E-state index contributed by atoms with van der Waals surface area (Å²) in [7, 11) is 0. The summed E-state index contributed by atoms with van der Waals surface area (Å²) < 4.78 is 7.43. The Morgan fingerprint density at radius 1 is 1.26 bits per heavy atom. The van der Waals surface area contributed by atoms with Gasteiger partial charge in [-0.3, -0.25) is 14.5 Å². The van der Waals surface area contributed by atoms with Gasteiger partial charge in [-0.1, -0.05) is 6.07 Å². The molecule has 1 saturated heterocycles. The van der Waals surface area contributed by atoms with Gasteiger partial charge < -0.3 is 14.4 Å². The van der Waals surface area contributed by atoms with Crippen molar-refractivity contribution in [1.82, 2.24) is 19.7 Å². The first-order valence-corrected chi connectivity index (χ1v) is 9.04. The standard InChI is InChI=1S/C20H22N4O3/c1-15-3-6-18(21-13-15)20(26)7-11-23(12-8-20)19(25)17-5-4-16(27-17)14-24-10-2-9-22-24/h2-6,9-10,13,26H,7-8,11-12,14H2,1H3. The van der Waals surface area contributed by atoms with Crippen LogP contribution in [0, 0.1) is 6.92 Å². The highest BCUT2D eigenvalue weighted by molar-refractivity contribution is 5.91. The highest BCUT2D eigenvalue weighted by Crippen LogP contribution is 2.32. The van der Waals surface area contributed by atoms with Crippen LogP contribution in [0.5, 0.6) is 0 Å². The number of furan rings is 1. The number of piperidine rings is 1. The van der Waals surface area contributed by atoms with E-state index in [1.807, 2.05) is 31.3 Å². The molecule has 1 amide bonds. The Kier molecular flexibility index (Phi) is 4.53. The molecule has 1 fully saturated rings. The number of pyridine rings is 1. The zero-order valence-electron chi connectivity index (χ0n) is 15.2. The van der Waals surface area contributed by atoms with E-state index in [1.165, 1.54) is 0 Å². The van der Waals surface area contributed by atoms with Crippen LogP contribution in [-0.2, 0) is 12.1 Å². The molecular formula is C20H22N4O3. The van der Waals surface area contributed by atoms with Gasteiger partial charge in [0, 0.05) is 31.7 Å². The molecule has 0 atom stereocenters. The second-order valence-corrected chi connectivity index (χ2v) is 7.01. The van der Waals surface area contributed by atoms with Gasteiger partial charge in [0.15, 0.2) is 5.76 Å². The first-order valence-electron chi connectivity index (χ1n) is 9.04. The molecule has 27 heavy (non-hydrogen) atoms. The smallest absolute Gasteiger partial charge is 0.289 e. The Balaban J connectivity index is 1.40. The molecule has 4 heterocycles. The maximum atomic E-state index is 12.7. The fourth-order valence-corrected chi connectivity index (χ4v) is 3.37. The number of nitrogens with zero attached hydrogens (tertiary/aromatic N) is 4. The van der Waals surface area contributed by atoms with Gasteiger partial charge in [-0.2, -0.15) is 5.10 Å². The summed E-state index contributed by atoms with van der Waals surface area (Å²) in [5.41, 5.74) is 0.734. The topological polar surface area (TPSA) is 84.4 Å². The normalized spacial score (nSPS) is 16.4. The van der Waals surface area contributed by atoms with E-state index in [4.69, 9.17) is 4.42 Å². The number of rotatable bonds is 4. The van der Waals surface area contributed by atoms with Crippen molar-refractivity contribution in [2.45, 2.75) is 31.9 Å². The summed E-state index contributed by atoms with van der Waals surface area (Å²) in [5, 5.41) is 15.1. The van der Waals surface area contributed by atoms with Gasteiger partial charge in [0.25, 0.3) is 5.91 Å². The number of aromatic nitrogens is 3. The van der Waals surface area contributed by atoms with Crippen molar-refractivity contribution >= 4 is 5.91 Å². The first kappa shape index (κ1) is 17.5. The lowest BCUT2D eigenvalue weighted by Crippen LogP contribution is -2.45. The average Bonchev–Trinajstić information content (AvgIpc) is 3.35. The van der Waals surface area contributed by atoms with Crippen molar-refractivity contribution in [1.29, 1.82) is 0 Å². The average molecular weight is 366 g/mol. The number of aliphatic hydroxyl groups is 1. The molecule has 7 heteroatoms. The van der Waals surface area contributed by atoms with Crippen LogP contribution in [-0.4, -0.2) is 43.8 Å². The highest BCUT2D eigenvalue weighted by atomic mass is 16.4. The molecule has 1 aliphatic heterocycles. The summed E-state index contributed by atoms with van der Waals surface area (Å²) in [6.45, 7) is 3.37. The molecule has 140 valence electrons. The molecule has 0 aromatic carbocycles. The number of aryl methyl sites for hydroxylation is 1. The number of hydrogen-bond donors (Lipinski definition) is 1. The molecular weight excluding hydrogens is 344 g/mol. The van der Waals surface area contributed by atoms with E-state index in [9.17, 15) is 9.90 Å². The van der Waals surface area contributed by atoms with Crippen LogP contribution in [0.4, 0.5) is 0 Å². The third kappa shape index (κ3) is 3.64.